The Bertz CT molecular complexity index is 354. The standard InChI is InChI=1S/C14H21NO2S/c16-12-10-4-3-5-11(10)13(17)15(12)8-14(9-18)6-1-2-7-14/h10-11,18H,1-9H2. The molecule has 0 aromatic rings. The molecule has 3 fully saturated rings. The monoisotopic (exact) mass is 267 g/mol. The van der Waals surface area contributed by atoms with Crippen molar-refractivity contribution in [2.75, 3.05) is 12.3 Å². The van der Waals surface area contributed by atoms with Gasteiger partial charge in [0.25, 0.3) is 0 Å². The van der Waals surface area contributed by atoms with Gasteiger partial charge in [-0.3, -0.25) is 14.5 Å². The second-order valence-corrected chi connectivity index (χ2v) is 6.59. The third kappa shape index (κ3) is 1.80. The van der Waals surface area contributed by atoms with Crippen LogP contribution in [0.2, 0.25) is 0 Å². The molecule has 1 heterocycles. The van der Waals surface area contributed by atoms with E-state index in [9.17, 15) is 9.59 Å². The van der Waals surface area contributed by atoms with Crippen molar-refractivity contribution in [3.8, 4) is 0 Å². The molecule has 2 amide bonds. The van der Waals surface area contributed by atoms with Gasteiger partial charge >= 0.3 is 0 Å². The second kappa shape index (κ2) is 4.55. The van der Waals surface area contributed by atoms with Crippen LogP contribution < -0.4 is 0 Å². The number of rotatable bonds is 3. The molecule has 0 spiro atoms. The highest BCUT2D eigenvalue weighted by molar-refractivity contribution is 7.80. The lowest BCUT2D eigenvalue weighted by Gasteiger charge is -2.31. The summed E-state index contributed by atoms with van der Waals surface area (Å²) in [6, 6.07) is 0. The van der Waals surface area contributed by atoms with E-state index in [0.29, 0.717) is 6.54 Å². The molecule has 0 aromatic carbocycles. The highest BCUT2D eigenvalue weighted by Crippen LogP contribution is 2.44. The van der Waals surface area contributed by atoms with Crippen molar-refractivity contribution in [1.29, 1.82) is 0 Å². The number of hydrogen-bond donors (Lipinski definition) is 1. The number of carbonyl (C=O) groups is 2. The van der Waals surface area contributed by atoms with Gasteiger partial charge in [-0.15, -0.1) is 0 Å². The maximum absolute atomic E-state index is 12.3. The highest BCUT2D eigenvalue weighted by Gasteiger charge is 2.51. The van der Waals surface area contributed by atoms with Crippen molar-refractivity contribution in [3.05, 3.63) is 0 Å². The van der Waals surface area contributed by atoms with E-state index < -0.39 is 0 Å². The molecule has 1 saturated heterocycles. The van der Waals surface area contributed by atoms with Gasteiger partial charge in [-0.05, 0) is 36.9 Å². The number of nitrogens with zero attached hydrogens (tertiary/aromatic N) is 1. The summed E-state index contributed by atoms with van der Waals surface area (Å²) >= 11 is 4.47. The molecular formula is C14H21NO2S. The predicted octanol–water partition coefficient (Wildman–Crippen LogP) is 2.26. The number of fused-ring (bicyclic) bond motifs is 1. The average molecular weight is 267 g/mol. The Kier molecular flexibility index (Phi) is 3.16. The van der Waals surface area contributed by atoms with Gasteiger partial charge in [-0.2, -0.15) is 12.6 Å². The summed E-state index contributed by atoms with van der Waals surface area (Å²) in [5.41, 5.74) is 0.104. The van der Waals surface area contributed by atoms with E-state index in [1.807, 2.05) is 0 Å². The molecule has 0 N–H and O–H groups in total. The summed E-state index contributed by atoms with van der Waals surface area (Å²) in [5, 5.41) is 0. The fourth-order valence-corrected chi connectivity index (χ4v) is 4.46. The minimum atomic E-state index is 0.0101. The zero-order valence-electron chi connectivity index (χ0n) is 10.7. The second-order valence-electron chi connectivity index (χ2n) is 6.27. The Labute approximate surface area is 114 Å². The Morgan fingerprint density at radius 3 is 2.11 bits per heavy atom. The Balaban J connectivity index is 1.77. The topological polar surface area (TPSA) is 37.4 Å². The predicted molar refractivity (Wildman–Crippen MR) is 72.3 cm³/mol. The summed E-state index contributed by atoms with van der Waals surface area (Å²) in [5.74, 6) is 1.03. The van der Waals surface area contributed by atoms with Gasteiger partial charge in [0.15, 0.2) is 0 Å². The lowest BCUT2D eigenvalue weighted by molar-refractivity contribution is -0.142. The largest absolute Gasteiger partial charge is 0.282 e. The molecule has 4 heteroatoms. The highest BCUT2D eigenvalue weighted by atomic mass is 32.1. The van der Waals surface area contributed by atoms with Gasteiger partial charge in [0.1, 0.15) is 0 Å². The van der Waals surface area contributed by atoms with Crippen LogP contribution in [0.4, 0.5) is 0 Å². The van der Waals surface area contributed by atoms with E-state index in [1.54, 1.807) is 4.90 Å². The van der Waals surface area contributed by atoms with Crippen LogP contribution in [0, 0.1) is 17.3 Å². The normalized spacial score (nSPS) is 34.4. The lowest BCUT2D eigenvalue weighted by Crippen LogP contribution is -2.41. The summed E-state index contributed by atoms with van der Waals surface area (Å²) in [7, 11) is 0. The van der Waals surface area contributed by atoms with Gasteiger partial charge in [0, 0.05) is 6.54 Å². The van der Waals surface area contributed by atoms with E-state index in [4.69, 9.17) is 0 Å². The summed E-state index contributed by atoms with van der Waals surface area (Å²) < 4.78 is 0. The van der Waals surface area contributed by atoms with Crippen molar-refractivity contribution in [2.45, 2.75) is 44.9 Å². The minimum absolute atomic E-state index is 0.0101. The fourth-order valence-electron chi connectivity index (χ4n) is 4.04. The summed E-state index contributed by atoms with van der Waals surface area (Å²) in [6.45, 7) is 0.626. The molecule has 2 atom stereocenters. The molecule has 18 heavy (non-hydrogen) atoms. The first kappa shape index (κ1) is 12.5. The number of hydrogen-bond acceptors (Lipinski definition) is 3. The number of carbonyl (C=O) groups excluding carboxylic acids is 2. The molecule has 3 rings (SSSR count). The molecule has 2 aliphatic carbocycles. The molecule has 0 radical (unpaired) electrons. The van der Waals surface area contributed by atoms with Crippen LogP contribution in [0.3, 0.4) is 0 Å². The molecule has 2 saturated carbocycles. The molecule has 2 unspecified atom stereocenters. The first-order chi connectivity index (χ1) is 8.67. The molecule has 0 aromatic heterocycles. The maximum atomic E-state index is 12.3. The van der Waals surface area contributed by atoms with E-state index in [2.05, 4.69) is 12.6 Å². The van der Waals surface area contributed by atoms with Crippen molar-refractivity contribution >= 4 is 24.4 Å². The van der Waals surface area contributed by atoms with Crippen molar-refractivity contribution in [3.63, 3.8) is 0 Å². The molecule has 3 aliphatic rings. The Morgan fingerprint density at radius 2 is 1.61 bits per heavy atom. The van der Waals surface area contributed by atoms with Crippen LogP contribution in [0.5, 0.6) is 0 Å². The third-order valence-corrected chi connectivity index (χ3v) is 5.85. The zero-order valence-corrected chi connectivity index (χ0v) is 11.6. The summed E-state index contributed by atoms with van der Waals surface area (Å²) in [4.78, 5) is 26.2. The SMILES string of the molecule is O=C1C2CCCC2C(=O)N1CC1(CS)CCCC1. The number of thiol groups is 1. The van der Waals surface area contributed by atoms with Gasteiger partial charge < -0.3 is 0 Å². The minimum Gasteiger partial charge on any atom is -0.282 e. The molecule has 0 bridgehead atoms. The van der Waals surface area contributed by atoms with Gasteiger partial charge in [-0.1, -0.05) is 19.3 Å². The first-order valence-electron chi connectivity index (χ1n) is 7.13. The Hall–Kier alpha value is -0.510. The fraction of sp³-hybridized carbons (Fsp3) is 0.857. The van der Waals surface area contributed by atoms with E-state index in [0.717, 1.165) is 37.9 Å². The van der Waals surface area contributed by atoms with Crippen LogP contribution in [0.15, 0.2) is 0 Å². The third-order valence-electron chi connectivity index (χ3n) is 5.18. The van der Waals surface area contributed by atoms with Gasteiger partial charge in [0.05, 0.1) is 11.8 Å². The van der Waals surface area contributed by atoms with Crippen molar-refractivity contribution in [1.82, 2.24) is 4.90 Å². The quantitative estimate of drug-likeness (QED) is 0.629. The first-order valence-corrected chi connectivity index (χ1v) is 7.76. The molecular weight excluding hydrogens is 246 g/mol. The zero-order chi connectivity index (χ0) is 12.8. The van der Waals surface area contributed by atoms with Crippen LogP contribution in [-0.2, 0) is 9.59 Å². The van der Waals surface area contributed by atoms with Crippen LogP contribution in [0.1, 0.15) is 44.9 Å². The maximum Gasteiger partial charge on any atom is 0.233 e. The smallest absolute Gasteiger partial charge is 0.233 e. The van der Waals surface area contributed by atoms with Crippen LogP contribution in [0.25, 0.3) is 0 Å². The van der Waals surface area contributed by atoms with Crippen molar-refractivity contribution < 1.29 is 9.59 Å². The van der Waals surface area contributed by atoms with Gasteiger partial charge in [-0.25, -0.2) is 0 Å². The van der Waals surface area contributed by atoms with Gasteiger partial charge in [0.2, 0.25) is 11.8 Å². The average Bonchev–Trinajstić information content (AvgIpc) is 3.07. The lowest BCUT2D eigenvalue weighted by atomic mass is 9.88. The van der Waals surface area contributed by atoms with Crippen LogP contribution >= 0.6 is 12.6 Å². The van der Waals surface area contributed by atoms with E-state index in [1.165, 1.54) is 12.8 Å². The molecule has 3 nitrogen and oxygen atoms in total. The Morgan fingerprint density at radius 1 is 1.06 bits per heavy atom. The molecule has 1 aliphatic heterocycles. The number of amides is 2. The number of imide groups is 1. The number of likely N-dealkylation sites (tertiary alicyclic amines) is 1. The van der Waals surface area contributed by atoms with E-state index in [-0.39, 0.29) is 29.1 Å². The van der Waals surface area contributed by atoms with Crippen molar-refractivity contribution in [2.24, 2.45) is 17.3 Å². The van der Waals surface area contributed by atoms with Crippen LogP contribution in [-0.4, -0.2) is 29.0 Å². The van der Waals surface area contributed by atoms with E-state index >= 15 is 0 Å². The molecule has 100 valence electrons. The summed E-state index contributed by atoms with van der Waals surface area (Å²) in [6.07, 6.45) is 7.52.